The first-order valence-corrected chi connectivity index (χ1v) is 2.65. The third-order valence-electron chi connectivity index (χ3n) is 1.35. The quantitative estimate of drug-likeness (QED) is 0.438. The zero-order valence-electron chi connectivity index (χ0n) is 5.39. The highest BCUT2D eigenvalue weighted by atomic mass is 14.1. The van der Waals surface area contributed by atoms with E-state index in [-0.39, 0.29) is 1.43 Å². The molecule has 0 aromatic carbocycles. The molecule has 0 unspecified atom stereocenters. The molecule has 0 amide bonds. The lowest BCUT2D eigenvalue weighted by molar-refractivity contribution is 1.66. The summed E-state index contributed by atoms with van der Waals surface area (Å²) < 4.78 is 0. The van der Waals surface area contributed by atoms with Crippen LogP contribution in [-0.2, 0) is 0 Å². The maximum Gasteiger partial charge on any atom is 1.00 e. The van der Waals surface area contributed by atoms with Crippen LogP contribution in [0.4, 0.5) is 0 Å². The molecule has 2 rings (SSSR count). The molecule has 0 fully saturated rings. The van der Waals surface area contributed by atoms with Crippen LogP contribution in [0.25, 0.3) is 0 Å². The molecule has 0 aromatic heterocycles. The van der Waals surface area contributed by atoms with Crippen LogP contribution in [0.15, 0.2) is 41.5 Å². The summed E-state index contributed by atoms with van der Waals surface area (Å²) in [7, 11) is 0. The van der Waals surface area contributed by atoms with Gasteiger partial charge in [0.25, 0.3) is 0 Å². The molecule has 0 aliphatic heterocycles. The van der Waals surface area contributed by atoms with Gasteiger partial charge in [0.05, 0.1) is 0 Å². The zero-order chi connectivity index (χ0) is 5.40. The van der Waals surface area contributed by atoms with Crippen molar-refractivity contribution in [2.75, 3.05) is 0 Å². The van der Waals surface area contributed by atoms with Crippen molar-refractivity contribution in [3.05, 3.63) is 47.6 Å². The van der Waals surface area contributed by atoms with Gasteiger partial charge in [-0.15, -0.1) is 0 Å². The Kier molecular flexibility index (Phi) is 0.595. The highest BCUT2D eigenvalue weighted by molar-refractivity contribution is 5.56. The number of hydrogen-bond acceptors (Lipinski definition) is 0. The van der Waals surface area contributed by atoms with E-state index in [0.29, 0.717) is 0 Å². The average molecular weight is 102 g/mol. The topological polar surface area (TPSA) is 0 Å². The molecule has 2 aliphatic carbocycles. The van der Waals surface area contributed by atoms with E-state index in [2.05, 4.69) is 24.3 Å². The van der Waals surface area contributed by atoms with Gasteiger partial charge in [0.2, 0.25) is 0 Å². The summed E-state index contributed by atoms with van der Waals surface area (Å²) in [6, 6.07) is 0. The van der Waals surface area contributed by atoms with E-state index < -0.39 is 0 Å². The van der Waals surface area contributed by atoms with Crippen LogP contribution in [0.1, 0.15) is 1.43 Å². The van der Waals surface area contributed by atoms with Crippen LogP contribution in [0.5, 0.6) is 0 Å². The summed E-state index contributed by atoms with van der Waals surface area (Å²) >= 11 is 0. The average Bonchev–Trinajstić information content (AvgIpc) is 2.15. The molecule has 0 bridgehead atoms. The molecular weight excluding hydrogens is 96.1 g/mol. The molecule has 0 heterocycles. The highest BCUT2D eigenvalue weighted by Gasteiger charge is 2.05. The Morgan fingerprint density at radius 2 is 2.38 bits per heavy atom. The molecule has 0 N–H and O–H groups in total. The Balaban J connectivity index is 0.000000405. The summed E-state index contributed by atoms with van der Waals surface area (Å²) in [6.45, 7) is 0. The summed E-state index contributed by atoms with van der Waals surface area (Å²) in [4.78, 5) is 0. The molecule has 1 radical (unpaired) electrons. The molecule has 0 spiro atoms. The molecule has 0 saturated heterocycles. The first kappa shape index (κ1) is 3.90. The van der Waals surface area contributed by atoms with Gasteiger partial charge >= 0.3 is 1.43 Å². The van der Waals surface area contributed by atoms with Gasteiger partial charge in [0.1, 0.15) is 0 Å². The van der Waals surface area contributed by atoms with Crippen molar-refractivity contribution in [3.63, 3.8) is 0 Å². The summed E-state index contributed by atoms with van der Waals surface area (Å²) in [6.07, 6.45) is 13.3. The smallest absolute Gasteiger partial charge is 0.0610 e. The molecule has 0 atom stereocenters. The van der Waals surface area contributed by atoms with Crippen LogP contribution >= 0.6 is 0 Å². The van der Waals surface area contributed by atoms with Gasteiger partial charge < -0.3 is 0 Å². The van der Waals surface area contributed by atoms with E-state index >= 15 is 0 Å². The van der Waals surface area contributed by atoms with Crippen LogP contribution in [0, 0.1) is 6.08 Å². The predicted octanol–water partition coefficient (Wildman–Crippen LogP) is 1.89. The highest BCUT2D eigenvalue weighted by Crippen LogP contribution is 2.22. The lowest BCUT2D eigenvalue weighted by Crippen LogP contribution is -1.67. The minimum atomic E-state index is 0. The normalized spacial score (nSPS) is 21.0. The molecular formula is C8H6+. The van der Waals surface area contributed by atoms with Crippen molar-refractivity contribution in [2.45, 2.75) is 0 Å². The van der Waals surface area contributed by atoms with Gasteiger partial charge in [0.15, 0.2) is 0 Å². The number of rotatable bonds is 0. The van der Waals surface area contributed by atoms with Crippen LogP contribution < -0.4 is 0 Å². The SMILES string of the molecule is [C]1=CC=C2C=CC=C12.[H+]. The first-order chi connectivity index (χ1) is 3.97. The van der Waals surface area contributed by atoms with Crippen LogP contribution in [0.3, 0.4) is 0 Å². The molecule has 0 aromatic rings. The second kappa shape index (κ2) is 1.22. The Morgan fingerprint density at radius 1 is 1.38 bits per heavy atom. The molecule has 37 valence electrons. The second-order valence-electron chi connectivity index (χ2n) is 1.87. The fourth-order valence-electron chi connectivity index (χ4n) is 0.932. The Labute approximate surface area is 50.0 Å². The third-order valence-corrected chi connectivity index (χ3v) is 1.35. The van der Waals surface area contributed by atoms with Crippen molar-refractivity contribution in [3.8, 4) is 0 Å². The lowest BCUT2D eigenvalue weighted by atomic mass is 10.2. The van der Waals surface area contributed by atoms with E-state index in [9.17, 15) is 0 Å². The van der Waals surface area contributed by atoms with Crippen molar-refractivity contribution in [1.82, 2.24) is 0 Å². The van der Waals surface area contributed by atoms with Crippen LogP contribution in [-0.4, -0.2) is 0 Å². The standard InChI is InChI=1S/C8H5/c1-3-7-5-2-6-8(7)4-1/h1-5H/p+1. The minimum absolute atomic E-state index is 0. The van der Waals surface area contributed by atoms with Crippen molar-refractivity contribution in [1.29, 1.82) is 0 Å². The molecule has 0 nitrogen and oxygen atoms in total. The lowest BCUT2D eigenvalue weighted by Gasteiger charge is -1.84. The summed E-state index contributed by atoms with van der Waals surface area (Å²) in [5, 5.41) is 0. The molecule has 0 saturated carbocycles. The van der Waals surface area contributed by atoms with Gasteiger partial charge in [0, 0.05) is 0 Å². The van der Waals surface area contributed by atoms with Crippen molar-refractivity contribution < 1.29 is 1.43 Å². The largest absolute Gasteiger partial charge is 1.00 e. The second-order valence-corrected chi connectivity index (χ2v) is 1.87. The van der Waals surface area contributed by atoms with Crippen molar-refractivity contribution >= 4 is 0 Å². The maximum atomic E-state index is 3.10. The van der Waals surface area contributed by atoms with E-state index in [1.165, 1.54) is 11.1 Å². The number of fused-ring (bicyclic) bond motifs is 1. The molecule has 0 heteroatoms. The zero-order valence-corrected chi connectivity index (χ0v) is 4.39. The molecule has 2 aliphatic rings. The minimum Gasteiger partial charge on any atom is -0.0610 e. The van der Waals surface area contributed by atoms with E-state index in [4.69, 9.17) is 0 Å². The van der Waals surface area contributed by atoms with Gasteiger partial charge in [-0.25, -0.2) is 0 Å². The Morgan fingerprint density at radius 3 is 3.25 bits per heavy atom. The maximum absolute atomic E-state index is 3.10. The van der Waals surface area contributed by atoms with E-state index in [0.717, 1.165) is 0 Å². The van der Waals surface area contributed by atoms with Crippen molar-refractivity contribution in [2.24, 2.45) is 0 Å². The third kappa shape index (κ3) is 0.348. The summed E-state index contributed by atoms with van der Waals surface area (Å²) in [5.74, 6) is 0. The number of hydrogen-bond donors (Lipinski definition) is 0. The fourth-order valence-corrected chi connectivity index (χ4v) is 0.932. The Bertz CT molecular complexity index is 203. The fraction of sp³-hybridized carbons (Fsp3) is 0. The van der Waals surface area contributed by atoms with E-state index in [1.54, 1.807) is 0 Å². The van der Waals surface area contributed by atoms with Gasteiger partial charge in [-0.3, -0.25) is 0 Å². The van der Waals surface area contributed by atoms with E-state index in [1.807, 2.05) is 12.2 Å². The predicted molar refractivity (Wildman–Crippen MR) is 34.2 cm³/mol. The first-order valence-electron chi connectivity index (χ1n) is 2.65. The monoisotopic (exact) mass is 102 g/mol. The number of allylic oxidation sites excluding steroid dienone is 8. The van der Waals surface area contributed by atoms with Gasteiger partial charge in [-0.1, -0.05) is 30.4 Å². The van der Waals surface area contributed by atoms with Crippen LogP contribution in [0.2, 0.25) is 0 Å². The summed E-state index contributed by atoms with van der Waals surface area (Å²) in [5.41, 5.74) is 2.52. The molecule has 8 heavy (non-hydrogen) atoms. The van der Waals surface area contributed by atoms with Gasteiger partial charge in [-0.05, 0) is 17.2 Å². The Hall–Kier alpha value is -1.04. The van der Waals surface area contributed by atoms with Gasteiger partial charge in [-0.2, -0.15) is 0 Å².